The van der Waals surface area contributed by atoms with Crippen LogP contribution in [0.3, 0.4) is 0 Å². The van der Waals surface area contributed by atoms with Gasteiger partial charge >= 0.3 is 0 Å². The molecule has 0 radical (unpaired) electrons. The first kappa shape index (κ1) is 39.7. The van der Waals surface area contributed by atoms with Crippen molar-refractivity contribution in [1.82, 2.24) is 0 Å². The van der Waals surface area contributed by atoms with E-state index in [1.807, 2.05) is 24.3 Å². The zero-order chi connectivity index (χ0) is 34.7. The third-order valence-corrected chi connectivity index (χ3v) is 14.3. The fourth-order valence-electron chi connectivity index (χ4n) is 6.45. The Morgan fingerprint density at radius 2 is 1.25 bits per heavy atom. The number of benzene rings is 3. The van der Waals surface area contributed by atoms with E-state index in [1.54, 1.807) is 19.3 Å². The summed E-state index contributed by atoms with van der Waals surface area (Å²) in [4.78, 5) is 0. The average molecular weight is 675 g/mol. The Morgan fingerprint density at radius 3 is 1.81 bits per heavy atom. The normalized spacial score (nSPS) is 14.2. The Hall–Kier alpha value is -2.74. The van der Waals surface area contributed by atoms with E-state index < -0.39 is 20.5 Å². The zero-order valence-electron chi connectivity index (χ0n) is 30.3. The molecule has 0 bridgehead atoms. The van der Waals surface area contributed by atoms with E-state index in [-0.39, 0.29) is 11.1 Å². The van der Waals surface area contributed by atoms with Gasteiger partial charge in [-0.2, -0.15) is 0 Å². The fourth-order valence-corrected chi connectivity index (χ4v) is 11.2. The number of methoxy groups -OCH3 is 1. The van der Waals surface area contributed by atoms with Crippen LogP contribution in [-0.4, -0.2) is 50.6 Å². The van der Waals surface area contributed by atoms with Crippen LogP contribution in [-0.2, 0) is 15.8 Å². The standard InChI is InChI=1S/C42H62O5Si/c1-6-7-14-26-41(47-48(42(2,3)4,38-22-16-12-17-23-38)39-24-18-13-19-25-39)40(44)32-29-36(43)21-15-10-8-9-11-20-33-46-34-35-27-30-37(45-5)31-28-35/h12-13,16-19,22-25,27-32,36,40-41,43-44H,6-11,14-15,20-21,26,33-34H2,1-5H3/b32-29+/t36-,40?,41-/m0/s1. The van der Waals surface area contributed by atoms with Crippen LogP contribution in [0.15, 0.2) is 97.1 Å². The van der Waals surface area contributed by atoms with Crippen LogP contribution in [0.1, 0.15) is 104 Å². The predicted octanol–water partition coefficient (Wildman–Crippen LogP) is 8.75. The summed E-state index contributed by atoms with van der Waals surface area (Å²) in [6, 6.07) is 29.2. The number of ether oxygens (including phenoxy) is 2. The van der Waals surface area contributed by atoms with Crippen LogP contribution in [0.2, 0.25) is 5.04 Å². The van der Waals surface area contributed by atoms with Crippen molar-refractivity contribution in [3.8, 4) is 5.75 Å². The zero-order valence-corrected chi connectivity index (χ0v) is 31.3. The van der Waals surface area contributed by atoms with Crippen molar-refractivity contribution < 1.29 is 24.1 Å². The molecule has 3 rings (SSSR count). The fraction of sp³-hybridized carbons (Fsp3) is 0.524. The quantitative estimate of drug-likeness (QED) is 0.0598. The highest BCUT2D eigenvalue weighted by Gasteiger charge is 2.51. The number of aliphatic hydroxyl groups is 2. The lowest BCUT2D eigenvalue weighted by atomic mass is 10.0. The van der Waals surface area contributed by atoms with Crippen molar-refractivity contribution in [2.75, 3.05) is 13.7 Å². The summed E-state index contributed by atoms with van der Waals surface area (Å²) in [7, 11) is -1.15. The lowest BCUT2D eigenvalue weighted by Crippen LogP contribution is -2.68. The highest BCUT2D eigenvalue weighted by atomic mass is 28.4. The summed E-state index contributed by atoms with van der Waals surface area (Å²) < 4.78 is 18.4. The van der Waals surface area contributed by atoms with E-state index in [9.17, 15) is 10.2 Å². The summed E-state index contributed by atoms with van der Waals surface area (Å²) >= 11 is 0. The Bertz CT molecular complexity index is 1230. The molecule has 48 heavy (non-hydrogen) atoms. The minimum Gasteiger partial charge on any atom is -0.497 e. The van der Waals surface area contributed by atoms with Crippen LogP contribution in [0.5, 0.6) is 5.75 Å². The average Bonchev–Trinajstić information content (AvgIpc) is 3.10. The van der Waals surface area contributed by atoms with Gasteiger partial charge in [0, 0.05) is 6.61 Å². The van der Waals surface area contributed by atoms with Crippen LogP contribution >= 0.6 is 0 Å². The third-order valence-electron chi connectivity index (χ3n) is 9.21. The monoisotopic (exact) mass is 674 g/mol. The Labute approximate surface area is 292 Å². The molecule has 0 saturated carbocycles. The van der Waals surface area contributed by atoms with Crippen molar-refractivity contribution in [2.45, 2.75) is 128 Å². The molecule has 264 valence electrons. The molecule has 0 amide bonds. The highest BCUT2D eigenvalue weighted by Crippen LogP contribution is 2.38. The molecule has 1 unspecified atom stereocenters. The maximum Gasteiger partial charge on any atom is 0.261 e. The number of unbranched alkanes of at least 4 members (excludes halogenated alkanes) is 7. The molecule has 0 fully saturated rings. The molecule has 3 atom stereocenters. The SMILES string of the molecule is CCCCC[C@H](O[Si](c1ccccc1)(c1ccccc1)C(C)(C)C)C(O)/C=C/[C@@H](O)CCCCCCCCOCc1ccc(OC)cc1. The molecule has 2 N–H and O–H groups in total. The number of hydrogen-bond donors (Lipinski definition) is 2. The predicted molar refractivity (Wildman–Crippen MR) is 203 cm³/mol. The van der Waals surface area contributed by atoms with Crippen LogP contribution in [0.25, 0.3) is 0 Å². The molecule has 6 heteroatoms. The van der Waals surface area contributed by atoms with Crippen molar-refractivity contribution in [1.29, 1.82) is 0 Å². The summed E-state index contributed by atoms with van der Waals surface area (Å²) in [5, 5.41) is 24.6. The van der Waals surface area contributed by atoms with Crippen molar-refractivity contribution in [2.24, 2.45) is 0 Å². The van der Waals surface area contributed by atoms with Gasteiger partial charge in [0.25, 0.3) is 8.32 Å². The second kappa shape index (κ2) is 21.4. The molecule has 0 spiro atoms. The van der Waals surface area contributed by atoms with Crippen molar-refractivity contribution in [3.05, 3.63) is 103 Å². The summed E-state index contributed by atoms with van der Waals surface area (Å²) in [6.07, 6.45) is 13.1. The van der Waals surface area contributed by atoms with Gasteiger partial charge in [0.2, 0.25) is 0 Å². The molecule has 3 aromatic carbocycles. The van der Waals surface area contributed by atoms with Crippen LogP contribution < -0.4 is 15.1 Å². The molecule has 0 aromatic heterocycles. The topological polar surface area (TPSA) is 68.2 Å². The summed E-state index contributed by atoms with van der Waals surface area (Å²) in [5.74, 6) is 0.864. The molecule has 3 aromatic rings. The Balaban J connectivity index is 1.50. The maximum absolute atomic E-state index is 11.6. The maximum atomic E-state index is 11.6. The third kappa shape index (κ3) is 12.6. The van der Waals surface area contributed by atoms with Gasteiger partial charge in [0.15, 0.2) is 0 Å². The summed E-state index contributed by atoms with van der Waals surface area (Å²) in [5.41, 5.74) is 1.16. The molecule has 0 aliphatic heterocycles. The molecular formula is C42H62O5Si. The lowest BCUT2D eigenvalue weighted by molar-refractivity contribution is 0.0516. The molecule has 5 nitrogen and oxygen atoms in total. The van der Waals surface area contributed by atoms with E-state index in [1.165, 1.54) is 16.8 Å². The minimum atomic E-state index is -2.82. The second-order valence-electron chi connectivity index (χ2n) is 14.1. The highest BCUT2D eigenvalue weighted by molar-refractivity contribution is 6.99. The number of rotatable bonds is 23. The molecule has 0 saturated heterocycles. The van der Waals surface area contributed by atoms with Gasteiger partial charge < -0.3 is 24.1 Å². The van der Waals surface area contributed by atoms with Gasteiger partial charge in [-0.05, 0) is 52.4 Å². The van der Waals surface area contributed by atoms with E-state index in [2.05, 4.69) is 88.4 Å². The van der Waals surface area contributed by atoms with Gasteiger partial charge in [0.05, 0.1) is 32.0 Å². The lowest BCUT2D eigenvalue weighted by Gasteiger charge is -2.45. The first-order valence-corrected chi connectivity index (χ1v) is 20.2. The second-order valence-corrected chi connectivity index (χ2v) is 18.3. The Kier molecular flexibility index (Phi) is 17.7. The van der Waals surface area contributed by atoms with Crippen molar-refractivity contribution in [3.63, 3.8) is 0 Å². The van der Waals surface area contributed by atoms with Gasteiger partial charge in [-0.25, -0.2) is 0 Å². The molecule has 0 aliphatic carbocycles. The molecule has 0 aliphatic rings. The van der Waals surface area contributed by atoms with Crippen LogP contribution in [0.4, 0.5) is 0 Å². The molecular weight excluding hydrogens is 613 g/mol. The molecule has 0 heterocycles. The van der Waals surface area contributed by atoms with Crippen LogP contribution in [0, 0.1) is 0 Å². The number of hydrogen-bond acceptors (Lipinski definition) is 5. The van der Waals surface area contributed by atoms with E-state index in [4.69, 9.17) is 13.9 Å². The first-order valence-electron chi connectivity index (χ1n) is 18.2. The smallest absolute Gasteiger partial charge is 0.261 e. The largest absolute Gasteiger partial charge is 0.497 e. The van der Waals surface area contributed by atoms with Gasteiger partial charge in [-0.1, -0.05) is 164 Å². The van der Waals surface area contributed by atoms with Crippen molar-refractivity contribution >= 4 is 18.7 Å². The minimum absolute atomic E-state index is 0.175. The van der Waals surface area contributed by atoms with E-state index >= 15 is 0 Å². The number of aliphatic hydroxyl groups excluding tert-OH is 2. The Morgan fingerprint density at radius 1 is 0.688 bits per heavy atom. The first-order chi connectivity index (χ1) is 23.2. The van der Waals surface area contributed by atoms with E-state index in [0.717, 1.165) is 75.7 Å². The van der Waals surface area contributed by atoms with Gasteiger partial charge in [-0.15, -0.1) is 0 Å². The summed E-state index contributed by atoms with van der Waals surface area (Å²) in [6.45, 7) is 10.4. The van der Waals surface area contributed by atoms with Gasteiger partial charge in [0.1, 0.15) is 5.75 Å². The van der Waals surface area contributed by atoms with Gasteiger partial charge in [-0.3, -0.25) is 0 Å². The van der Waals surface area contributed by atoms with E-state index in [0.29, 0.717) is 13.0 Å².